The van der Waals surface area contributed by atoms with E-state index in [4.69, 9.17) is 0 Å². The first-order valence-corrected chi connectivity index (χ1v) is 9.04. The standard InChI is InChI=1S/C19H24N6O2/c1-5-15(16-11-24-9-6-8-20-19(24)22-16)21-17(27)7-10-25-13(3)18(14(4)26)12(2)23-25/h6,8-9,11,15H,5,7,10H2,1-4H3,(H,21,27). The molecule has 0 spiro atoms. The number of carbonyl (C=O) groups is 2. The van der Waals surface area contributed by atoms with Crippen LogP contribution in [0.1, 0.15) is 60.2 Å². The highest BCUT2D eigenvalue weighted by molar-refractivity contribution is 5.96. The Hall–Kier alpha value is -3.03. The number of rotatable bonds is 7. The van der Waals surface area contributed by atoms with Crippen molar-refractivity contribution in [1.29, 1.82) is 0 Å². The zero-order valence-electron chi connectivity index (χ0n) is 16.1. The Kier molecular flexibility index (Phi) is 5.34. The van der Waals surface area contributed by atoms with Crippen molar-refractivity contribution in [2.24, 2.45) is 0 Å². The first-order chi connectivity index (χ1) is 12.9. The monoisotopic (exact) mass is 368 g/mol. The predicted molar refractivity (Wildman–Crippen MR) is 100 cm³/mol. The average Bonchev–Trinajstić information content (AvgIpc) is 3.18. The lowest BCUT2D eigenvalue weighted by Gasteiger charge is -2.15. The van der Waals surface area contributed by atoms with E-state index in [9.17, 15) is 9.59 Å². The molecule has 0 aromatic carbocycles. The first kappa shape index (κ1) is 18.8. The summed E-state index contributed by atoms with van der Waals surface area (Å²) in [5.74, 6) is 0.524. The summed E-state index contributed by atoms with van der Waals surface area (Å²) in [6.07, 6.45) is 6.46. The molecule has 3 rings (SSSR count). The third-order valence-electron chi connectivity index (χ3n) is 4.64. The fraction of sp³-hybridized carbons (Fsp3) is 0.421. The smallest absolute Gasteiger partial charge is 0.233 e. The maximum Gasteiger partial charge on any atom is 0.233 e. The van der Waals surface area contributed by atoms with Crippen molar-refractivity contribution in [3.8, 4) is 0 Å². The molecule has 3 heterocycles. The molecule has 0 aliphatic heterocycles. The van der Waals surface area contributed by atoms with Gasteiger partial charge < -0.3 is 5.32 Å². The number of amides is 1. The van der Waals surface area contributed by atoms with Crippen molar-refractivity contribution in [1.82, 2.24) is 29.5 Å². The summed E-state index contributed by atoms with van der Waals surface area (Å²) in [6.45, 7) is 7.62. The van der Waals surface area contributed by atoms with Gasteiger partial charge >= 0.3 is 0 Å². The molecule has 0 aliphatic rings. The number of carbonyl (C=O) groups excluding carboxylic acids is 2. The number of nitrogens with zero attached hydrogens (tertiary/aromatic N) is 5. The molecular weight excluding hydrogens is 344 g/mol. The van der Waals surface area contributed by atoms with Crippen LogP contribution >= 0.6 is 0 Å². The van der Waals surface area contributed by atoms with Gasteiger partial charge in [-0.05, 0) is 33.3 Å². The highest BCUT2D eigenvalue weighted by Crippen LogP contribution is 2.17. The fourth-order valence-electron chi connectivity index (χ4n) is 3.30. The van der Waals surface area contributed by atoms with Gasteiger partial charge in [-0.25, -0.2) is 9.97 Å². The van der Waals surface area contributed by atoms with Gasteiger partial charge in [-0.1, -0.05) is 6.92 Å². The highest BCUT2D eigenvalue weighted by Gasteiger charge is 2.18. The van der Waals surface area contributed by atoms with Crippen LogP contribution in [-0.2, 0) is 11.3 Å². The SMILES string of the molecule is CCC(NC(=O)CCn1nc(C)c(C(C)=O)c1C)c1cn2cccnc2n1. The number of hydrogen-bond donors (Lipinski definition) is 1. The van der Waals surface area contributed by atoms with Gasteiger partial charge in [0, 0.05) is 37.3 Å². The zero-order chi connectivity index (χ0) is 19.6. The lowest BCUT2D eigenvalue weighted by atomic mass is 10.1. The quantitative estimate of drug-likeness (QED) is 0.646. The van der Waals surface area contributed by atoms with Crippen LogP contribution in [-0.4, -0.2) is 35.8 Å². The third-order valence-corrected chi connectivity index (χ3v) is 4.64. The van der Waals surface area contributed by atoms with Crippen molar-refractivity contribution in [3.63, 3.8) is 0 Å². The molecule has 0 radical (unpaired) electrons. The number of fused-ring (bicyclic) bond motifs is 1. The van der Waals surface area contributed by atoms with E-state index >= 15 is 0 Å². The summed E-state index contributed by atoms with van der Waals surface area (Å²) in [5.41, 5.74) is 2.92. The van der Waals surface area contributed by atoms with Crippen molar-refractivity contribution in [2.75, 3.05) is 0 Å². The zero-order valence-corrected chi connectivity index (χ0v) is 16.1. The van der Waals surface area contributed by atoms with E-state index in [0.29, 0.717) is 23.6 Å². The number of aromatic nitrogens is 5. The topological polar surface area (TPSA) is 94.2 Å². The van der Waals surface area contributed by atoms with Gasteiger partial charge in [0.2, 0.25) is 11.7 Å². The van der Waals surface area contributed by atoms with Gasteiger partial charge in [0.15, 0.2) is 5.78 Å². The third kappa shape index (κ3) is 3.89. The summed E-state index contributed by atoms with van der Waals surface area (Å²) >= 11 is 0. The van der Waals surface area contributed by atoms with Crippen LogP contribution in [0.2, 0.25) is 0 Å². The van der Waals surface area contributed by atoms with Crippen molar-refractivity contribution >= 4 is 17.5 Å². The number of nitrogens with one attached hydrogen (secondary N) is 1. The summed E-state index contributed by atoms with van der Waals surface area (Å²) in [4.78, 5) is 32.8. The van der Waals surface area contributed by atoms with Crippen LogP contribution in [0.3, 0.4) is 0 Å². The molecule has 1 amide bonds. The van der Waals surface area contributed by atoms with Crippen LogP contribution in [0.25, 0.3) is 5.78 Å². The molecule has 1 N–H and O–H groups in total. The maximum absolute atomic E-state index is 12.4. The van der Waals surface area contributed by atoms with Gasteiger partial charge in [0.05, 0.1) is 23.0 Å². The Balaban J connectivity index is 1.66. The molecule has 0 aliphatic carbocycles. The minimum Gasteiger partial charge on any atom is -0.348 e. The van der Waals surface area contributed by atoms with Gasteiger partial charge in [-0.3, -0.25) is 18.7 Å². The van der Waals surface area contributed by atoms with E-state index in [1.54, 1.807) is 10.9 Å². The van der Waals surface area contributed by atoms with Crippen LogP contribution in [0.5, 0.6) is 0 Å². The Bertz CT molecular complexity index is 954. The molecule has 27 heavy (non-hydrogen) atoms. The minimum atomic E-state index is -0.174. The minimum absolute atomic E-state index is 0.00722. The van der Waals surface area contributed by atoms with E-state index < -0.39 is 0 Å². The molecule has 142 valence electrons. The molecule has 3 aromatic heterocycles. The Morgan fingerprint density at radius 3 is 2.70 bits per heavy atom. The first-order valence-electron chi connectivity index (χ1n) is 9.04. The van der Waals surface area contributed by atoms with E-state index in [1.165, 1.54) is 6.92 Å². The highest BCUT2D eigenvalue weighted by atomic mass is 16.1. The van der Waals surface area contributed by atoms with Crippen molar-refractivity contribution in [3.05, 3.63) is 47.3 Å². The van der Waals surface area contributed by atoms with Crippen molar-refractivity contribution in [2.45, 2.75) is 53.1 Å². The summed E-state index contributed by atoms with van der Waals surface area (Å²) in [6, 6.07) is 1.66. The Labute approximate surface area is 157 Å². The summed E-state index contributed by atoms with van der Waals surface area (Å²) < 4.78 is 3.56. The predicted octanol–water partition coefficient (Wildman–Crippen LogP) is 2.40. The lowest BCUT2D eigenvalue weighted by Crippen LogP contribution is -2.29. The molecule has 8 heteroatoms. The second kappa shape index (κ2) is 7.69. The van der Waals surface area contributed by atoms with E-state index in [1.807, 2.05) is 43.6 Å². The molecule has 8 nitrogen and oxygen atoms in total. The second-order valence-electron chi connectivity index (χ2n) is 6.60. The van der Waals surface area contributed by atoms with E-state index in [-0.39, 0.29) is 24.2 Å². The van der Waals surface area contributed by atoms with Crippen LogP contribution in [0.15, 0.2) is 24.7 Å². The van der Waals surface area contributed by atoms with Crippen LogP contribution in [0, 0.1) is 13.8 Å². The second-order valence-corrected chi connectivity index (χ2v) is 6.60. The average molecular weight is 368 g/mol. The number of Topliss-reactive ketones (excluding diaryl/α,β-unsaturated/α-hetero) is 1. The molecular formula is C19H24N6O2. The Morgan fingerprint density at radius 2 is 2.07 bits per heavy atom. The van der Waals surface area contributed by atoms with Gasteiger partial charge in [0.25, 0.3) is 0 Å². The molecule has 0 bridgehead atoms. The van der Waals surface area contributed by atoms with Crippen molar-refractivity contribution < 1.29 is 9.59 Å². The number of imidazole rings is 1. The lowest BCUT2D eigenvalue weighted by molar-refractivity contribution is -0.122. The van der Waals surface area contributed by atoms with Gasteiger partial charge in [-0.15, -0.1) is 0 Å². The summed E-state index contributed by atoms with van der Waals surface area (Å²) in [5, 5.41) is 7.41. The molecule has 1 atom stereocenters. The Morgan fingerprint density at radius 1 is 1.30 bits per heavy atom. The van der Waals surface area contributed by atoms with Gasteiger partial charge in [0.1, 0.15) is 0 Å². The molecule has 0 saturated heterocycles. The van der Waals surface area contributed by atoms with Gasteiger partial charge in [-0.2, -0.15) is 5.10 Å². The van der Waals surface area contributed by atoms with E-state index in [0.717, 1.165) is 17.8 Å². The molecule has 0 fully saturated rings. The summed E-state index contributed by atoms with van der Waals surface area (Å²) in [7, 11) is 0. The normalized spacial score (nSPS) is 12.3. The number of aryl methyl sites for hydroxylation is 2. The largest absolute Gasteiger partial charge is 0.348 e. The van der Waals surface area contributed by atoms with Crippen LogP contribution < -0.4 is 5.32 Å². The maximum atomic E-state index is 12.4. The van der Waals surface area contributed by atoms with E-state index in [2.05, 4.69) is 20.4 Å². The number of hydrogen-bond acceptors (Lipinski definition) is 5. The molecule has 3 aromatic rings. The molecule has 0 saturated carbocycles. The fourth-order valence-corrected chi connectivity index (χ4v) is 3.30. The van der Waals surface area contributed by atoms with Crippen LogP contribution in [0.4, 0.5) is 0 Å². The number of ketones is 1. The molecule has 1 unspecified atom stereocenters.